The smallest absolute Gasteiger partial charge is 0.191 e. The number of ether oxygens (including phenoxy) is 1. The lowest BCUT2D eigenvalue weighted by Crippen LogP contribution is -2.38. The molecule has 0 unspecified atom stereocenters. The van der Waals surface area contributed by atoms with E-state index in [0.717, 1.165) is 24.7 Å². The van der Waals surface area contributed by atoms with E-state index in [9.17, 15) is 4.39 Å². The molecule has 0 spiro atoms. The first-order valence-corrected chi connectivity index (χ1v) is 8.53. The normalized spacial score (nSPS) is 11.5. The van der Waals surface area contributed by atoms with Crippen molar-refractivity contribution in [3.63, 3.8) is 0 Å². The summed E-state index contributed by atoms with van der Waals surface area (Å²) in [7, 11) is 0. The molecule has 0 aliphatic heterocycles. The molecule has 24 heavy (non-hydrogen) atoms. The van der Waals surface area contributed by atoms with Crippen molar-refractivity contribution in [2.75, 3.05) is 32.9 Å². The Morgan fingerprint density at radius 1 is 1.08 bits per heavy atom. The highest BCUT2D eigenvalue weighted by Gasteiger charge is 1.98. The van der Waals surface area contributed by atoms with Crippen LogP contribution in [0.1, 0.15) is 19.8 Å². The van der Waals surface area contributed by atoms with Crippen LogP contribution in [-0.4, -0.2) is 38.9 Å². The number of alkyl halides is 1. The Labute approximate surface area is 143 Å². The molecule has 2 aromatic rings. The number of halogens is 1. The zero-order chi connectivity index (χ0) is 17.0. The first-order chi connectivity index (χ1) is 11.8. The van der Waals surface area contributed by atoms with E-state index >= 15 is 0 Å². The van der Waals surface area contributed by atoms with Gasteiger partial charge >= 0.3 is 0 Å². The molecule has 0 heterocycles. The van der Waals surface area contributed by atoms with Crippen LogP contribution in [-0.2, 0) is 0 Å². The van der Waals surface area contributed by atoms with Gasteiger partial charge in [-0.2, -0.15) is 0 Å². The third kappa shape index (κ3) is 6.07. The Morgan fingerprint density at radius 3 is 2.71 bits per heavy atom. The van der Waals surface area contributed by atoms with Crippen LogP contribution >= 0.6 is 0 Å². The second-order valence-corrected chi connectivity index (χ2v) is 5.44. The van der Waals surface area contributed by atoms with Crippen LogP contribution in [0.3, 0.4) is 0 Å². The van der Waals surface area contributed by atoms with E-state index in [2.05, 4.69) is 39.9 Å². The van der Waals surface area contributed by atoms with Gasteiger partial charge in [-0.05, 0) is 36.2 Å². The minimum absolute atomic E-state index is 0.313. The highest BCUT2D eigenvalue weighted by molar-refractivity contribution is 5.83. The van der Waals surface area contributed by atoms with Crippen LogP contribution < -0.4 is 15.4 Å². The van der Waals surface area contributed by atoms with Crippen molar-refractivity contribution < 1.29 is 9.13 Å². The maximum atomic E-state index is 12.1. The molecule has 0 bridgehead atoms. The average molecular weight is 331 g/mol. The zero-order valence-electron chi connectivity index (χ0n) is 14.2. The third-order valence-corrected chi connectivity index (χ3v) is 3.51. The Balaban J connectivity index is 1.74. The van der Waals surface area contributed by atoms with Crippen LogP contribution in [0.2, 0.25) is 0 Å². The topological polar surface area (TPSA) is 45.7 Å². The first kappa shape index (κ1) is 18.0. The summed E-state index contributed by atoms with van der Waals surface area (Å²) in [4.78, 5) is 4.46. The summed E-state index contributed by atoms with van der Waals surface area (Å²) < 4.78 is 17.9. The monoisotopic (exact) mass is 331 g/mol. The van der Waals surface area contributed by atoms with Crippen molar-refractivity contribution in [3.05, 3.63) is 42.5 Å². The lowest BCUT2D eigenvalue weighted by atomic mass is 10.1. The van der Waals surface area contributed by atoms with Crippen LogP contribution in [0.4, 0.5) is 4.39 Å². The number of nitrogens with zero attached hydrogens (tertiary/aromatic N) is 1. The maximum absolute atomic E-state index is 12.1. The average Bonchev–Trinajstić information content (AvgIpc) is 2.61. The standard InChI is InChI=1S/C19H26FN3O/c1-2-21-19(22-12-5-11-20)23-13-6-14-24-18-10-9-16-7-3-4-8-17(16)15-18/h3-4,7-10,15H,2,5-6,11-14H2,1H3,(H2,21,22,23). The SMILES string of the molecule is CCNC(=NCCCOc1ccc2ccccc2c1)NCCCF. The molecule has 5 heteroatoms. The Hall–Kier alpha value is -2.30. The number of fused-ring (bicyclic) bond motifs is 1. The predicted molar refractivity (Wildman–Crippen MR) is 98.6 cm³/mol. The number of aliphatic imine (C=N–C) groups is 1. The summed E-state index contributed by atoms with van der Waals surface area (Å²) in [5, 5.41) is 8.65. The van der Waals surface area contributed by atoms with E-state index in [1.54, 1.807) is 0 Å². The summed E-state index contributed by atoms with van der Waals surface area (Å²) in [6.45, 7) is 4.36. The number of rotatable bonds is 9. The first-order valence-electron chi connectivity index (χ1n) is 8.53. The number of guanidine groups is 1. The van der Waals surface area contributed by atoms with Gasteiger partial charge in [0.2, 0.25) is 0 Å². The van der Waals surface area contributed by atoms with Gasteiger partial charge < -0.3 is 15.4 Å². The van der Waals surface area contributed by atoms with Gasteiger partial charge in [0, 0.05) is 26.1 Å². The molecule has 2 aromatic carbocycles. The van der Waals surface area contributed by atoms with Gasteiger partial charge in [-0.15, -0.1) is 0 Å². The minimum Gasteiger partial charge on any atom is -0.494 e. The molecule has 2 N–H and O–H groups in total. The molecule has 2 rings (SSSR count). The van der Waals surface area contributed by atoms with Crippen molar-refractivity contribution >= 4 is 16.7 Å². The molecular formula is C19H26FN3O. The lowest BCUT2D eigenvalue weighted by Gasteiger charge is -2.10. The number of hydrogen-bond acceptors (Lipinski definition) is 2. The van der Waals surface area contributed by atoms with Gasteiger partial charge in [-0.25, -0.2) is 0 Å². The van der Waals surface area contributed by atoms with E-state index in [1.165, 1.54) is 10.8 Å². The van der Waals surface area contributed by atoms with Crippen molar-refractivity contribution in [2.24, 2.45) is 4.99 Å². The molecule has 130 valence electrons. The van der Waals surface area contributed by atoms with E-state index in [1.807, 2.05) is 25.1 Å². The predicted octanol–water partition coefficient (Wildman–Crippen LogP) is 3.52. The molecule has 0 saturated heterocycles. The molecule has 0 atom stereocenters. The maximum Gasteiger partial charge on any atom is 0.191 e. The summed E-state index contributed by atoms with van der Waals surface area (Å²) in [5.41, 5.74) is 0. The molecule has 0 aliphatic rings. The van der Waals surface area contributed by atoms with Gasteiger partial charge in [0.05, 0.1) is 13.3 Å². The van der Waals surface area contributed by atoms with Crippen LogP contribution in [0.15, 0.2) is 47.5 Å². The summed E-state index contributed by atoms with van der Waals surface area (Å²) >= 11 is 0. The quantitative estimate of drug-likeness (QED) is 0.420. The molecule has 0 fully saturated rings. The second-order valence-electron chi connectivity index (χ2n) is 5.44. The van der Waals surface area contributed by atoms with Gasteiger partial charge in [0.25, 0.3) is 0 Å². The largest absolute Gasteiger partial charge is 0.494 e. The van der Waals surface area contributed by atoms with Crippen LogP contribution in [0.5, 0.6) is 5.75 Å². The number of hydrogen-bond donors (Lipinski definition) is 2. The number of benzene rings is 2. The summed E-state index contributed by atoms with van der Waals surface area (Å²) in [6, 6.07) is 14.4. The van der Waals surface area contributed by atoms with Crippen molar-refractivity contribution in [1.29, 1.82) is 0 Å². The molecule has 0 amide bonds. The Morgan fingerprint density at radius 2 is 1.92 bits per heavy atom. The van der Waals surface area contributed by atoms with Gasteiger partial charge in [-0.3, -0.25) is 9.38 Å². The third-order valence-electron chi connectivity index (χ3n) is 3.51. The highest BCUT2D eigenvalue weighted by Crippen LogP contribution is 2.20. The number of nitrogens with one attached hydrogen (secondary N) is 2. The minimum atomic E-state index is -0.313. The lowest BCUT2D eigenvalue weighted by molar-refractivity contribution is 0.314. The van der Waals surface area contributed by atoms with Crippen LogP contribution in [0.25, 0.3) is 10.8 Å². The van der Waals surface area contributed by atoms with E-state index < -0.39 is 0 Å². The Kier molecular flexibility index (Phi) is 7.87. The fourth-order valence-electron chi connectivity index (χ4n) is 2.32. The summed E-state index contributed by atoms with van der Waals surface area (Å²) in [5.74, 6) is 1.61. The molecule has 4 nitrogen and oxygen atoms in total. The molecule has 0 aliphatic carbocycles. The van der Waals surface area contributed by atoms with Crippen molar-refractivity contribution in [3.8, 4) is 5.75 Å². The molecule has 0 aromatic heterocycles. The van der Waals surface area contributed by atoms with Crippen molar-refractivity contribution in [2.45, 2.75) is 19.8 Å². The van der Waals surface area contributed by atoms with Crippen LogP contribution in [0, 0.1) is 0 Å². The van der Waals surface area contributed by atoms with E-state index in [0.29, 0.717) is 26.1 Å². The molecule has 0 radical (unpaired) electrons. The fraction of sp³-hybridized carbons (Fsp3) is 0.421. The molecular weight excluding hydrogens is 305 g/mol. The van der Waals surface area contributed by atoms with Gasteiger partial charge in [0.15, 0.2) is 5.96 Å². The fourth-order valence-corrected chi connectivity index (χ4v) is 2.32. The van der Waals surface area contributed by atoms with Gasteiger partial charge in [0.1, 0.15) is 5.75 Å². The zero-order valence-corrected chi connectivity index (χ0v) is 14.2. The second kappa shape index (κ2) is 10.5. The van der Waals surface area contributed by atoms with E-state index in [4.69, 9.17) is 4.74 Å². The van der Waals surface area contributed by atoms with E-state index in [-0.39, 0.29) is 6.67 Å². The van der Waals surface area contributed by atoms with Gasteiger partial charge in [-0.1, -0.05) is 30.3 Å². The highest BCUT2D eigenvalue weighted by atomic mass is 19.1. The Bertz CT molecular complexity index is 645. The summed E-state index contributed by atoms with van der Waals surface area (Å²) in [6.07, 6.45) is 1.32. The molecule has 0 saturated carbocycles. The van der Waals surface area contributed by atoms with Crippen molar-refractivity contribution in [1.82, 2.24) is 10.6 Å².